The molecule has 1 aromatic carbocycles. The molecule has 1 N–H and O–H groups in total. The highest BCUT2D eigenvalue weighted by molar-refractivity contribution is 5.88. The second-order valence-corrected chi connectivity index (χ2v) is 4.26. The van der Waals surface area contributed by atoms with E-state index in [1.165, 1.54) is 6.20 Å². The maximum atomic E-state index is 10.9. The number of aromatic carboxylic acids is 1. The van der Waals surface area contributed by atoms with Crippen LogP contribution in [-0.4, -0.2) is 22.9 Å². The van der Waals surface area contributed by atoms with Gasteiger partial charge in [-0.2, -0.15) is 0 Å². The van der Waals surface area contributed by atoms with E-state index in [4.69, 9.17) is 14.6 Å². The smallest absolute Gasteiger partial charge is 0.337 e. The fourth-order valence-corrected chi connectivity index (χ4v) is 2.04. The van der Waals surface area contributed by atoms with Crippen molar-refractivity contribution in [2.24, 2.45) is 0 Å². The number of pyridine rings is 1. The van der Waals surface area contributed by atoms with Gasteiger partial charge in [-0.1, -0.05) is 0 Å². The number of rotatable bonds is 2. The van der Waals surface area contributed by atoms with Crippen LogP contribution < -0.4 is 9.47 Å². The zero-order valence-corrected chi connectivity index (χ0v) is 10.2. The standard InChI is InChI=1S/C14H11NO4/c1-8-4-10(14(16)17)6-15-13(8)9-2-3-11-12(5-9)19-7-18-11/h2-6H,7H2,1H3,(H,16,17). The van der Waals surface area contributed by atoms with E-state index < -0.39 is 5.97 Å². The Morgan fingerprint density at radius 2 is 2.05 bits per heavy atom. The minimum atomic E-state index is -0.979. The lowest BCUT2D eigenvalue weighted by molar-refractivity contribution is 0.0696. The van der Waals surface area contributed by atoms with Crippen LogP contribution in [0.15, 0.2) is 30.5 Å². The first-order valence-corrected chi connectivity index (χ1v) is 5.75. The molecular weight excluding hydrogens is 246 g/mol. The van der Waals surface area contributed by atoms with Crippen LogP contribution in [0.3, 0.4) is 0 Å². The molecule has 0 saturated heterocycles. The molecule has 5 nitrogen and oxygen atoms in total. The molecule has 1 aliphatic rings. The van der Waals surface area contributed by atoms with E-state index in [1.807, 2.05) is 25.1 Å². The average Bonchev–Trinajstić information content (AvgIpc) is 2.85. The highest BCUT2D eigenvalue weighted by atomic mass is 16.7. The molecule has 0 radical (unpaired) electrons. The Bertz CT molecular complexity index is 666. The van der Waals surface area contributed by atoms with E-state index in [0.29, 0.717) is 11.5 Å². The Morgan fingerprint density at radius 3 is 2.79 bits per heavy atom. The minimum absolute atomic E-state index is 0.182. The first kappa shape index (κ1) is 11.5. The van der Waals surface area contributed by atoms with E-state index in [2.05, 4.69) is 4.98 Å². The van der Waals surface area contributed by atoms with Gasteiger partial charge in [0.15, 0.2) is 11.5 Å². The molecule has 2 heterocycles. The van der Waals surface area contributed by atoms with Crippen LogP contribution in [-0.2, 0) is 0 Å². The summed E-state index contributed by atoms with van der Waals surface area (Å²) in [5.41, 5.74) is 2.60. The first-order chi connectivity index (χ1) is 9.15. The summed E-state index contributed by atoms with van der Waals surface area (Å²) < 4.78 is 10.6. The molecule has 0 saturated carbocycles. The second-order valence-electron chi connectivity index (χ2n) is 4.26. The highest BCUT2D eigenvalue weighted by Gasteiger charge is 2.15. The van der Waals surface area contributed by atoms with Gasteiger partial charge in [-0.25, -0.2) is 4.79 Å². The van der Waals surface area contributed by atoms with Crippen molar-refractivity contribution in [3.63, 3.8) is 0 Å². The van der Waals surface area contributed by atoms with E-state index in [1.54, 1.807) is 6.07 Å². The van der Waals surface area contributed by atoms with Gasteiger partial charge in [0.2, 0.25) is 6.79 Å². The van der Waals surface area contributed by atoms with Crippen molar-refractivity contribution in [2.75, 3.05) is 6.79 Å². The zero-order chi connectivity index (χ0) is 13.4. The van der Waals surface area contributed by atoms with Crippen molar-refractivity contribution in [2.45, 2.75) is 6.92 Å². The Hall–Kier alpha value is -2.56. The molecule has 3 rings (SSSR count). The maximum absolute atomic E-state index is 10.9. The number of benzene rings is 1. The van der Waals surface area contributed by atoms with Crippen LogP contribution in [0.2, 0.25) is 0 Å². The number of aryl methyl sites for hydroxylation is 1. The fraction of sp³-hybridized carbons (Fsp3) is 0.143. The molecule has 0 aliphatic carbocycles. The predicted octanol–water partition coefficient (Wildman–Crippen LogP) is 2.48. The Balaban J connectivity index is 2.05. The van der Waals surface area contributed by atoms with E-state index in [9.17, 15) is 4.79 Å². The van der Waals surface area contributed by atoms with Crippen molar-refractivity contribution < 1.29 is 19.4 Å². The topological polar surface area (TPSA) is 68.7 Å². The number of carboxylic acid groups (broad SMARTS) is 1. The molecule has 0 spiro atoms. The lowest BCUT2D eigenvalue weighted by atomic mass is 10.0. The number of hydrogen-bond donors (Lipinski definition) is 1. The third-order valence-corrected chi connectivity index (χ3v) is 2.97. The third kappa shape index (κ3) is 1.99. The number of nitrogens with zero attached hydrogens (tertiary/aromatic N) is 1. The van der Waals surface area contributed by atoms with Crippen LogP contribution in [0, 0.1) is 6.92 Å². The molecule has 0 unspecified atom stereocenters. The van der Waals surface area contributed by atoms with Gasteiger partial charge in [0.05, 0.1) is 11.3 Å². The van der Waals surface area contributed by atoms with Crippen LogP contribution in [0.1, 0.15) is 15.9 Å². The summed E-state index contributed by atoms with van der Waals surface area (Å²) in [6.45, 7) is 2.06. The summed E-state index contributed by atoms with van der Waals surface area (Å²) in [5.74, 6) is 0.414. The molecule has 5 heteroatoms. The van der Waals surface area contributed by atoms with E-state index in [0.717, 1.165) is 16.8 Å². The largest absolute Gasteiger partial charge is 0.478 e. The predicted molar refractivity (Wildman–Crippen MR) is 67.5 cm³/mol. The van der Waals surface area contributed by atoms with Crippen LogP contribution in [0.25, 0.3) is 11.3 Å². The van der Waals surface area contributed by atoms with E-state index in [-0.39, 0.29) is 12.4 Å². The van der Waals surface area contributed by atoms with Gasteiger partial charge in [-0.3, -0.25) is 4.98 Å². The van der Waals surface area contributed by atoms with Crippen molar-refractivity contribution in [1.29, 1.82) is 0 Å². The second kappa shape index (κ2) is 4.28. The van der Waals surface area contributed by atoms with Crippen LogP contribution in [0.5, 0.6) is 11.5 Å². The lowest BCUT2D eigenvalue weighted by Gasteiger charge is -2.07. The molecule has 1 aliphatic heterocycles. The van der Waals surface area contributed by atoms with E-state index >= 15 is 0 Å². The minimum Gasteiger partial charge on any atom is -0.478 e. The SMILES string of the molecule is Cc1cc(C(=O)O)cnc1-c1ccc2c(c1)OCO2. The van der Waals surface area contributed by atoms with Crippen molar-refractivity contribution in [3.05, 3.63) is 41.6 Å². The number of hydrogen-bond acceptors (Lipinski definition) is 4. The molecule has 0 amide bonds. The molecular formula is C14H11NO4. The molecule has 0 fully saturated rings. The zero-order valence-electron chi connectivity index (χ0n) is 10.2. The molecule has 1 aromatic heterocycles. The Morgan fingerprint density at radius 1 is 1.26 bits per heavy atom. The molecule has 0 atom stereocenters. The summed E-state index contributed by atoms with van der Waals surface area (Å²) in [5, 5.41) is 8.92. The van der Waals surface area contributed by atoms with Gasteiger partial charge in [0, 0.05) is 11.8 Å². The quantitative estimate of drug-likeness (QED) is 0.895. The van der Waals surface area contributed by atoms with Crippen molar-refractivity contribution in [3.8, 4) is 22.8 Å². The van der Waals surface area contributed by atoms with Crippen LogP contribution in [0.4, 0.5) is 0 Å². The molecule has 2 aromatic rings. The number of carbonyl (C=O) groups is 1. The van der Waals surface area contributed by atoms with Gasteiger partial charge >= 0.3 is 5.97 Å². The van der Waals surface area contributed by atoms with Gasteiger partial charge in [0.25, 0.3) is 0 Å². The van der Waals surface area contributed by atoms with Gasteiger partial charge in [-0.05, 0) is 36.8 Å². The summed E-state index contributed by atoms with van der Waals surface area (Å²) in [6, 6.07) is 7.15. The average molecular weight is 257 g/mol. The van der Waals surface area contributed by atoms with Gasteiger partial charge < -0.3 is 14.6 Å². The number of ether oxygens (including phenoxy) is 2. The number of fused-ring (bicyclic) bond motifs is 1. The summed E-state index contributed by atoms with van der Waals surface area (Å²) in [4.78, 5) is 15.1. The maximum Gasteiger partial charge on any atom is 0.337 e. The Kier molecular flexibility index (Phi) is 2.59. The number of aromatic nitrogens is 1. The normalized spacial score (nSPS) is 12.5. The molecule has 96 valence electrons. The first-order valence-electron chi connectivity index (χ1n) is 5.75. The van der Waals surface area contributed by atoms with Crippen LogP contribution >= 0.6 is 0 Å². The molecule has 19 heavy (non-hydrogen) atoms. The summed E-state index contributed by atoms with van der Waals surface area (Å²) >= 11 is 0. The van der Waals surface area contributed by atoms with Gasteiger partial charge in [0.1, 0.15) is 0 Å². The number of carboxylic acids is 1. The lowest BCUT2D eigenvalue weighted by Crippen LogP contribution is -1.99. The third-order valence-electron chi connectivity index (χ3n) is 2.97. The van der Waals surface area contributed by atoms with Gasteiger partial charge in [-0.15, -0.1) is 0 Å². The van der Waals surface area contributed by atoms with Crippen molar-refractivity contribution in [1.82, 2.24) is 4.98 Å². The molecule has 0 bridgehead atoms. The summed E-state index contributed by atoms with van der Waals surface area (Å²) in [7, 11) is 0. The Labute approximate surface area is 109 Å². The summed E-state index contributed by atoms with van der Waals surface area (Å²) in [6.07, 6.45) is 1.36. The monoisotopic (exact) mass is 257 g/mol. The van der Waals surface area contributed by atoms with Crippen molar-refractivity contribution >= 4 is 5.97 Å². The fourth-order valence-electron chi connectivity index (χ4n) is 2.04. The highest BCUT2D eigenvalue weighted by Crippen LogP contribution is 2.36.